The van der Waals surface area contributed by atoms with Gasteiger partial charge in [-0.3, -0.25) is 0 Å². The first-order valence-corrected chi connectivity index (χ1v) is 5.84. The predicted octanol–water partition coefficient (Wildman–Crippen LogP) is 2.14. The second kappa shape index (κ2) is 6.09. The van der Waals surface area contributed by atoms with Crippen LogP contribution in [0.2, 0.25) is 0 Å². The van der Waals surface area contributed by atoms with E-state index < -0.39 is 5.60 Å². The lowest BCUT2D eigenvalue weighted by molar-refractivity contribution is 0.0478. The van der Waals surface area contributed by atoms with Crippen molar-refractivity contribution in [2.45, 2.75) is 59.2 Å². The van der Waals surface area contributed by atoms with Gasteiger partial charge in [0, 0.05) is 12.1 Å². The molecule has 0 spiro atoms. The molecule has 2 unspecified atom stereocenters. The number of alkyl carbamates (subject to hydrolysis) is 1. The lowest BCUT2D eigenvalue weighted by atomic mass is 9.98. The Labute approximate surface area is 99.1 Å². The first-order valence-electron chi connectivity index (χ1n) is 5.84. The maximum absolute atomic E-state index is 11.6. The lowest BCUT2D eigenvalue weighted by Crippen LogP contribution is -2.51. The van der Waals surface area contributed by atoms with Crippen molar-refractivity contribution in [2.75, 3.05) is 7.05 Å². The zero-order valence-corrected chi connectivity index (χ0v) is 11.5. The molecule has 16 heavy (non-hydrogen) atoms. The Balaban J connectivity index is 4.36. The fourth-order valence-corrected chi connectivity index (χ4v) is 1.49. The molecule has 4 nitrogen and oxygen atoms in total. The van der Waals surface area contributed by atoms with E-state index in [1.54, 1.807) is 0 Å². The maximum atomic E-state index is 11.6. The van der Waals surface area contributed by atoms with Crippen molar-refractivity contribution in [3.63, 3.8) is 0 Å². The number of amides is 1. The average Bonchev–Trinajstić information content (AvgIpc) is 2.09. The van der Waals surface area contributed by atoms with Gasteiger partial charge >= 0.3 is 6.09 Å². The van der Waals surface area contributed by atoms with Crippen LogP contribution in [0.3, 0.4) is 0 Å². The van der Waals surface area contributed by atoms with Crippen molar-refractivity contribution in [2.24, 2.45) is 5.92 Å². The highest BCUT2D eigenvalue weighted by atomic mass is 16.6. The third-order valence-electron chi connectivity index (χ3n) is 2.40. The molecule has 0 saturated heterocycles. The van der Waals surface area contributed by atoms with Gasteiger partial charge < -0.3 is 15.4 Å². The van der Waals surface area contributed by atoms with Crippen LogP contribution in [0.1, 0.15) is 41.5 Å². The van der Waals surface area contributed by atoms with E-state index in [-0.39, 0.29) is 18.2 Å². The van der Waals surface area contributed by atoms with E-state index in [1.165, 1.54) is 0 Å². The van der Waals surface area contributed by atoms with Gasteiger partial charge in [0.1, 0.15) is 5.60 Å². The van der Waals surface area contributed by atoms with Gasteiger partial charge in [-0.25, -0.2) is 4.79 Å². The van der Waals surface area contributed by atoms with Crippen LogP contribution in [-0.4, -0.2) is 30.8 Å². The number of nitrogens with one attached hydrogen (secondary N) is 2. The first-order chi connectivity index (χ1) is 7.17. The molecule has 0 fully saturated rings. The summed E-state index contributed by atoms with van der Waals surface area (Å²) in [5.41, 5.74) is -0.450. The zero-order valence-electron chi connectivity index (χ0n) is 11.5. The molecule has 4 heteroatoms. The summed E-state index contributed by atoms with van der Waals surface area (Å²) in [4.78, 5) is 11.6. The van der Waals surface area contributed by atoms with E-state index in [1.807, 2.05) is 34.7 Å². The fourth-order valence-electron chi connectivity index (χ4n) is 1.49. The number of likely N-dealkylation sites (N-methyl/N-ethyl adjacent to an activating group) is 1. The summed E-state index contributed by atoms with van der Waals surface area (Å²) < 4.78 is 5.24. The minimum absolute atomic E-state index is 0.0693. The van der Waals surface area contributed by atoms with Crippen LogP contribution in [0.25, 0.3) is 0 Å². The smallest absolute Gasteiger partial charge is 0.407 e. The molecule has 0 radical (unpaired) electrons. The van der Waals surface area contributed by atoms with Crippen LogP contribution >= 0.6 is 0 Å². The number of hydrogen-bond donors (Lipinski definition) is 2. The Morgan fingerprint density at radius 1 is 1.19 bits per heavy atom. The molecule has 2 N–H and O–H groups in total. The van der Waals surface area contributed by atoms with Crippen molar-refractivity contribution in [3.8, 4) is 0 Å². The standard InChI is InChI=1S/C12H26N2O2/c1-8(2)10(9(3)13-7)14-11(15)16-12(4,5)6/h8-10,13H,1-7H3,(H,14,15). The van der Waals surface area contributed by atoms with Gasteiger partial charge in [0.05, 0.1) is 0 Å². The van der Waals surface area contributed by atoms with Crippen molar-refractivity contribution in [1.82, 2.24) is 10.6 Å². The van der Waals surface area contributed by atoms with Crippen LogP contribution < -0.4 is 10.6 Å². The van der Waals surface area contributed by atoms with Gasteiger partial charge in [-0.2, -0.15) is 0 Å². The minimum Gasteiger partial charge on any atom is -0.444 e. The van der Waals surface area contributed by atoms with Crippen LogP contribution in [0, 0.1) is 5.92 Å². The summed E-state index contributed by atoms with van der Waals surface area (Å²) in [7, 11) is 1.89. The Morgan fingerprint density at radius 3 is 2.00 bits per heavy atom. The molecule has 0 aliphatic heterocycles. The maximum Gasteiger partial charge on any atom is 0.407 e. The van der Waals surface area contributed by atoms with Crippen molar-refractivity contribution >= 4 is 6.09 Å². The number of carbonyl (C=O) groups is 1. The van der Waals surface area contributed by atoms with Crippen molar-refractivity contribution in [3.05, 3.63) is 0 Å². The second-order valence-electron chi connectivity index (χ2n) is 5.49. The highest BCUT2D eigenvalue weighted by Gasteiger charge is 2.24. The van der Waals surface area contributed by atoms with Crippen LogP contribution in [0.4, 0.5) is 4.79 Å². The summed E-state index contributed by atoms with van der Waals surface area (Å²) in [6.45, 7) is 11.8. The van der Waals surface area contributed by atoms with E-state index in [0.717, 1.165) is 0 Å². The largest absolute Gasteiger partial charge is 0.444 e. The Morgan fingerprint density at radius 2 is 1.69 bits per heavy atom. The van der Waals surface area contributed by atoms with E-state index >= 15 is 0 Å². The number of ether oxygens (including phenoxy) is 1. The monoisotopic (exact) mass is 230 g/mol. The zero-order chi connectivity index (χ0) is 12.9. The molecule has 0 heterocycles. The highest BCUT2D eigenvalue weighted by Crippen LogP contribution is 2.10. The van der Waals surface area contributed by atoms with E-state index in [2.05, 4.69) is 24.5 Å². The summed E-state index contributed by atoms with van der Waals surface area (Å²) in [6, 6.07) is 0.285. The quantitative estimate of drug-likeness (QED) is 0.778. The van der Waals surface area contributed by atoms with Gasteiger partial charge in [0.2, 0.25) is 0 Å². The Hall–Kier alpha value is -0.770. The predicted molar refractivity (Wildman–Crippen MR) is 66.5 cm³/mol. The lowest BCUT2D eigenvalue weighted by Gasteiger charge is -2.29. The van der Waals surface area contributed by atoms with Gasteiger partial charge in [-0.1, -0.05) is 13.8 Å². The fraction of sp³-hybridized carbons (Fsp3) is 0.917. The molecule has 2 atom stereocenters. The molecule has 0 saturated carbocycles. The molecule has 96 valence electrons. The summed E-state index contributed by atoms with van der Waals surface area (Å²) >= 11 is 0. The summed E-state index contributed by atoms with van der Waals surface area (Å²) in [5, 5.41) is 6.04. The average molecular weight is 230 g/mol. The number of rotatable bonds is 4. The highest BCUT2D eigenvalue weighted by molar-refractivity contribution is 5.68. The van der Waals surface area contributed by atoms with Gasteiger partial charge in [0.25, 0.3) is 0 Å². The van der Waals surface area contributed by atoms with Gasteiger partial charge in [-0.15, -0.1) is 0 Å². The van der Waals surface area contributed by atoms with Crippen LogP contribution in [-0.2, 0) is 4.74 Å². The second-order valence-corrected chi connectivity index (χ2v) is 5.49. The van der Waals surface area contributed by atoms with E-state index in [0.29, 0.717) is 5.92 Å². The molecule has 0 rings (SSSR count). The van der Waals surface area contributed by atoms with Crippen molar-refractivity contribution in [1.29, 1.82) is 0 Å². The van der Waals surface area contributed by atoms with Crippen LogP contribution in [0.15, 0.2) is 0 Å². The molecule has 0 aliphatic rings. The molecule has 0 aromatic carbocycles. The first kappa shape index (κ1) is 15.2. The van der Waals surface area contributed by atoms with Crippen LogP contribution in [0.5, 0.6) is 0 Å². The molecule has 0 aromatic rings. The molecule has 0 bridgehead atoms. The SMILES string of the molecule is CNC(C)C(NC(=O)OC(C)(C)C)C(C)C. The minimum atomic E-state index is -0.450. The summed E-state index contributed by atoms with van der Waals surface area (Å²) in [5.74, 6) is 0.356. The van der Waals surface area contributed by atoms with Gasteiger partial charge in [0.15, 0.2) is 0 Å². The normalized spacial score (nSPS) is 15.8. The molecule has 0 aliphatic carbocycles. The van der Waals surface area contributed by atoms with E-state index in [9.17, 15) is 4.79 Å². The number of hydrogen-bond acceptors (Lipinski definition) is 3. The van der Waals surface area contributed by atoms with Gasteiger partial charge in [-0.05, 0) is 40.7 Å². The molecular weight excluding hydrogens is 204 g/mol. The topological polar surface area (TPSA) is 50.4 Å². The summed E-state index contributed by atoms with van der Waals surface area (Å²) in [6.07, 6.45) is -0.353. The third kappa shape index (κ3) is 5.95. The molecule has 1 amide bonds. The molecule has 0 aromatic heterocycles. The Kier molecular flexibility index (Phi) is 5.79. The Bertz CT molecular complexity index is 222. The van der Waals surface area contributed by atoms with Crippen molar-refractivity contribution < 1.29 is 9.53 Å². The third-order valence-corrected chi connectivity index (χ3v) is 2.40. The molecular formula is C12H26N2O2. The number of carbonyl (C=O) groups excluding carboxylic acids is 1. The van der Waals surface area contributed by atoms with E-state index in [4.69, 9.17) is 4.74 Å².